The van der Waals surface area contributed by atoms with Gasteiger partial charge in [-0.3, -0.25) is 4.79 Å². The average molecular weight is 265 g/mol. The highest BCUT2D eigenvalue weighted by Gasteiger charge is 2.14. The number of anilines is 3. The first-order valence-electron chi connectivity index (χ1n) is 6.62. The fourth-order valence-corrected chi connectivity index (χ4v) is 1.96. The highest BCUT2D eigenvalue weighted by molar-refractivity contribution is 5.94. The highest BCUT2D eigenvalue weighted by Crippen LogP contribution is 2.36. The minimum absolute atomic E-state index is 0.138. The molecule has 1 rings (SSSR count). The quantitative estimate of drug-likeness (QED) is 0.775. The van der Waals surface area contributed by atoms with Gasteiger partial charge in [0.2, 0.25) is 5.91 Å². The van der Waals surface area contributed by atoms with Crippen LogP contribution in [0.3, 0.4) is 0 Å². The van der Waals surface area contributed by atoms with Gasteiger partial charge in [0.25, 0.3) is 0 Å². The minimum Gasteiger partial charge on any atom is -0.492 e. The van der Waals surface area contributed by atoms with Gasteiger partial charge >= 0.3 is 0 Å². The smallest absolute Gasteiger partial charge is 0.221 e. The first kappa shape index (κ1) is 15.1. The van der Waals surface area contributed by atoms with E-state index in [9.17, 15) is 4.79 Å². The Morgan fingerprint density at radius 3 is 2.42 bits per heavy atom. The van der Waals surface area contributed by atoms with E-state index in [0.717, 1.165) is 24.5 Å². The van der Waals surface area contributed by atoms with Crippen LogP contribution in [-0.2, 0) is 4.79 Å². The van der Waals surface area contributed by atoms with Gasteiger partial charge in [0.05, 0.1) is 23.7 Å². The van der Waals surface area contributed by atoms with Crippen molar-refractivity contribution < 1.29 is 9.53 Å². The van der Waals surface area contributed by atoms with Gasteiger partial charge in [0, 0.05) is 26.1 Å². The van der Waals surface area contributed by atoms with Crippen molar-refractivity contribution in [2.24, 2.45) is 0 Å². The van der Waals surface area contributed by atoms with Gasteiger partial charge in [0.15, 0.2) is 0 Å². The standard InChI is InChI=1S/C14H23N3O2/c1-5-17(6-2)13-9-12(16-10(4)18)11(15)8-14(13)19-7-3/h8-9H,5-7,15H2,1-4H3,(H,16,18). The summed E-state index contributed by atoms with van der Waals surface area (Å²) in [5.74, 6) is 0.610. The van der Waals surface area contributed by atoms with Crippen LogP contribution in [0.1, 0.15) is 27.7 Å². The van der Waals surface area contributed by atoms with Gasteiger partial charge in [0.1, 0.15) is 5.75 Å². The minimum atomic E-state index is -0.138. The fraction of sp³-hybridized carbons (Fsp3) is 0.500. The topological polar surface area (TPSA) is 67.6 Å². The molecule has 1 aromatic carbocycles. The Balaban J connectivity index is 3.25. The largest absolute Gasteiger partial charge is 0.492 e. The van der Waals surface area contributed by atoms with E-state index in [0.29, 0.717) is 18.0 Å². The van der Waals surface area contributed by atoms with Gasteiger partial charge in [-0.1, -0.05) is 0 Å². The van der Waals surface area contributed by atoms with Crippen LogP contribution in [0.4, 0.5) is 17.1 Å². The monoisotopic (exact) mass is 265 g/mol. The number of hydrogen-bond acceptors (Lipinski definition) is 4. The zero-order valence-corrected chi connectivity index (χ0v) is 12.1. The van der Waals surface area contributed by atoms with Crippen LogP contribution in [0.5, 0.6) is 5.75 Å². The molecule has 0 heterocycles. The average Bonchev–Trinajstić information content (AvgIpc) is 2.35. The lowest BCUT2D eigenvalue weighted by Gasteiger charge is -2.25. The number of carbonyl (C=O) groups is 1. The lowest BCUT2D eigenvalue weighted by atomic mass is 10.2. The molecule has 5 nitrogen and oxygen atoms in total. The molecule has 19 heavy (non-hydrogen) atoms. The molecule has 1 aromatic rings. The van der Waals surface area contributed by atoms with Gasteiger partial charge in [-0.2, -0.15) is 0 Å². The molecule has 0 bridgehead atoms. The molecule has 1 amide bonds. The third-order valence-corrected chi connectivity index (χ3v) is 2.85. The highest BCUT2D eigenvalue weighted by atomic mass is 16.5. The van der Waals surface area contributed by atoms with E-state index >= 15 is 0 Å². The lowest BCUT2D eigenvalue weighted by Crippen LogP contribution is -2.23. The van der Waals surface area contributed by atoms with Crippen LogP contribution in [0.2, 0.25) is 0 Å². The van der Waals surface area contributed by atoms with Crippen LogP contribution >= 0.6 is 0 Å². The first-order valence-corrected chi connectivity index (χ1v) is 6.62. The molecule has 0 aliphatic carbocycles. The normalized spacial score (nSPS) is 10.1. The number of hydrogen-bond donors (Lipinski definition) is 2. The molecule has 0 aromatic heterocycles. The predicted octanol–water partition coefficient (Wildman–Crippen LogP) is 2.47. The van der Waals surface area contributed by atoms with Gasteiger partial charge in [-0.15, -0.1) is 0 Å². The van der Waals surface area contributed by atoms with Gasteiger partial charge in [-0.05, 0) is 26.8 Å². The Bertz CT molecular complexity index is 443. The summed E-state index contributed by atoms with van der Waals surface area (Å²) in [6.07, 6.45) is 0. The summed E-state index contributed by atoms with van der Waals surface area (Å²) in [6.45, 7) is 9.85. The number of nitrogens with two attached hydrogens (primary N) is 1. The number of carbonyl (C=O) groups excluding carboxylic acids is 1. The van der Waals surface area contributed by atoms with E-state index in [-0.39, 0.29) is 5.91 Å². The van der Waals surface area contributed by atoms with E-state index in [1.54, 1.807) is 6.07 Å². The van der Waals surface area contributed by atoms with Gasteiger partial charge < -0.3 is 20.7 Å². The predicted molar refractivity (Wildman–Crippen MR) is 79.9 cm³/mol. The second kappa shape index (κ2) is 6.87. The SMILES string of the molecule is CCOc1cc(N)c(NC(C)=O)cc1N(CC)CC. The zero-order chi connectivity index (χ0) is 14.4. The van der Waals surface area contributed by atoms with E-state index in [1.165, 1.54) is 6.92 Å². The number of benzene rings is 1. The molecule has 5 heteroatoms. The summed E-state index contributed by atoms with van der Waals surface area (Å²) in [5, 5.41) is 2.74. The molecular formula is C14H23N3O2. The number of amides is 1. The molecule has 0 saturated carbocycles. The summed E-state index contributed by atoms with van der Waals surface area (Å²) in [5.41, 5.74) is 8.02. The third kappa shape index (κ3) is 3.77. The lowest BCUT2D eigenvalue weighted by molar-refractivity contribution is -0.114. The van der Waals surface area contributed by atoms with Crippen molar-refractivity contribution in [1.82, 2.24) is 0 Å². The third-order valence-electron chi connectivity index (χ3n) is 2.85. The van der Waals surface area contributed by atoms with Crippen molar-refractivity contribution in [3.8, 4) is 5.75 Å². The zero-order valence-electron chi connectivity index (χ0n) is 12.1. The van der Waals surface area contributed by atoms with Crippen LogP contribution < -0.4 is 20.7 Å². The van der Waals surface area contributed by atoms with Crippen molar-refractivity contribution in [3.63, 3.8) is 0 Å². The molecule has 0 spiro atoms. The molecule has 0 fully saturated rings. The van der Waals surface area contributed by atoms with E-state index in [4.69, 9.17) is 10.5 Å². The maximum Gasteiger partial charge on any atom is 0.221 e. The van der Waals surface area contributed by atoms with Crippen LogP contribution in [0.25, 0.3) is 0 Å². The molecule has 0 atom stereocenters. The van der Waals surface area contributed by atoms with E-state index < -0.39 is 0 Å². The molecule has 3 N–H and O–H groups in total. The molecule has 0 saturated heterocycles. The maximum absolute atomic E-state index is 11.2. The molecule has 0 aliphatic heterocycles. The number of nitrogen functional groups attached to an aromatic ring is 1. The van der Waals surface area contributed by atoms with Crippen LogP contribution in [0.15, 0.2) is 12.1 Å². The Kier molecular flexibility index (Phi) is 5.48. The van der Waals surface area contributed by atoms with Crippen LogP contribution in [0, 0.1) is 0 Å². The Labute approximate surface area is 114 Å². The van der Waals surface area contributed by atoms with Crippen molar-refractivity contribution in [3.05, 3.63) is 12.1 Å². The number of nitrogens with zero attached hydrogens (tertiary/aromatic N) is 1. The number of ether oxygens (including phenoxy) is 1. The van der Waals surface area contributed by atoms with E-state index in [1.807, 2.05) is 13.0 Å². The summed E-state index contributed by atoms with van der Waals surface area (Å²) < 4.78 is 5.63. The molecule has 0 unspecified atom stereocenters. The Hall–Kier alpha value is -1.91. The molecule has 0 radical (unpaired) electrons. The summed E-state index contributed by atoms with van der Waals surface area (Å²) >= 11 is 0. The van der Waals surface area contributed by atoms with Crippen molar-refractivity contribution >= 4 is 23.0 Å². The number of nitrogens with one attached hydrogen (secondary N) is 1. The summed E-state index contributed by atoms with van der Waals surface area (Å²) in [6, 6.07) is 3.64. The fourth-order valence-electron chi connectivity index (χ4n) is 1.96. The van der Waals surface area contributed by atoms with Crippen molar-refractivity contribution in [1.29, 1.82) is 0 Å². The summed E-state index contributed by atoms with van der Waals surface area (Å²) in [4.78, 5) is 13.3. The molecule has 106 valence electrons. The van der Waals surface area contributed by atoms with Crippen molar-refractivity contribution in [2.75, 3.05) is 35.6 Å². The first-order chi connectivity index (χ1) is 9.03. The second-order valence-corrected chi connectivity index (χ2v) is 4.19. The van der Waals surface area contributed by atoms with Gasteiger partial charge in [-0.25, -0.2) is 0 Å². The van der Waals surface area contributed by atoms with Crippen molar-refractivity contribution in [2.45, 2.75) is 27.7 Å². The molecular weight excluding hydrogens is 242 g/mol. The second-order valence-electron chi connectivity index (χ2n) is 4.19. The Morgan fingerprint density at radius 1 is 1.32 bits per heavy atom. The Morgan fingerprint density at radius 2 is 1.95 bits per heavy atom. The summed E-state index contributed by atoms with van der Waals surface area (Å²) in [7, 11) is 0. The number of rotatable bonds is 6. The molecule has 0 aliphatic rings. The van der Waals surface area contributed by atoms with Crippen LogP contribution in [-0.4, -0.2) is 25.6 Å². The maximum atomic E-state index is 11.2. The van der Waals surface area contributed by atoms with E-state index in [2.05, 4.69) is 24.1 Å².